The summed E-state index contributed by atoms with van der Waals surface area (Å²) >= 11 is 6.35. The number of carbonyl (C=O) groups is 2. The molecule has 3 rings (SSSR count). The van der Waals surface area contributed by atoms with Gasteiger partial charge >= 0.3 is 5.97 Å². The highest BCUT2D eigenvalue weighted by Gasteiger charge is 2.23. The van der Waals surface area contributed by atoms with Crippen LogP contribution in [0.15, 0.2) is 60.7 Å². The van der Waals surface area contributed by atoms with Crippen LogP contribution in [0.4, 0.5) is 0 Å². The van der Waals surface area contributed by atoms with Gasteiger partial charge in [-0.15, -0.1) is 0 Å². The number of aryl methyl sites for hydroxylation is 1. The molecule has 0 bridgehead atoms. The van der Waals surface area contributed by atoms with E-state index >= 15 is 0 Å². The van der Waals surface area contributed by atoms with Crippen LogP contribution in [0.1, 0.15) is 40.1 Å². The number of amides is 1. The first kappa shape index (κ1) is 20.6. The fourth-order valence-electron chi connectivity index (χ4n) is 2.96. The van der Waals surface area contributed by atoms with E-state index in [4.69, 9.17) is 16.3 Å². The molecule has 29 heavy (non-hydrogen) atoms. The Morgan fingerprint density at radius 3 is 2.38 bits per heavy atom. The zero-order chi connectivity index (χ0) is 20.8. The summed E-state index contributed by atoms with van der Waals surface area (Å²) < 4.78 is 6.71. The molecule has 0 aliphatic rings. The van der Waals surface area contributed by atoms with Crippen LogP contribution in [-0.2, 0) is 16.1 Å². The smallest absolute Gasteiger partial charge is 0.343 e. The Morgan fingerprint density at radius 2 is 1.72 bits per heavy atom. The lowest BCUT2D eigenvalue weighted by Crippen LogP contribution is -2.31. The van der Waals surface area contributed by atoms with E-state index in [2.05, 4.69) is 10.4 Å². The van der Waals surface area contributed by atoms with Crippen molar-refractivity contribution in [1.29, 1.82) is 0 Å². The maximum absolute atomic E-state index is 12.5. The Bertz CT molecular complexity index is 987. The molecule has 0 saturated heterocycles. The Morgan fingerprint density at radius 1 is 1.10 bits per heavy atom. The average molecular weight is 412 g/mol. The molecule has 6 nitrogen and oxygen atoms in total. The summed E-state index contributed by atoms with van der Waals surface area (Å²) in [6.45, 7) is 3.59. The van der Waals surface area contributed by atoms with Gasteiger partial charge in [0.1, 0.15) is 10.7 Å². The molecule has 0 aliphatic heterocycles. The Hall–Kier alpha value is -3.12. The van der Waals surface area contributed by atoms with Crippen molar-refractivity contribution in [2.75, 3.05) is 6.61 Å². The van der Waals surface area contributed by atoms with Gasteiger partial charge in [-0.1, -0.05) is 72.3 Å². The SMILES string of the molecule is Cc1nn(Cc2ccccc2)c(Cl)c1C(=O)OCC(=O)N[C@H](C)c1ccccc1. The Labute approximate surface area is 174 Å². The summed E-state index contributed by atoms with van der Waals surface area (Å²) in [7, 11) is 0. The molecule has 1 heterocycles. The normalized spacial score (nSPS) is 11.7. The summed E-state index contributed by atoms with van der Waals surface area (Å²) in [5, 5.41) is 7.31. The number of hydrogen-bond acceptors (Lipinski definition) is 4. The fraction of sp³-hybridized carbons (Fsp3) is 0.227. The molecule has 2 aromatic carbocycles. The summed E-state index contributed by atoms with van der Waals surface area (Å²) in [5.74, 6) is -1.06. The van der Waals surface area contributed by atoms with Gasteiger partial charge in [-0.25, -0.2) is 9.48 Å². The minimum absolute atomic E-state index is 0.173. The summed E-state index contributed by atoms with van der Waals surface area (Å²) in [6, 6.07) is 19.0. The lowest BCUT2D eigenvalue weighted by atomic mass is 10.1. The van der Waals surface area contributed by atoms with Crippen molar-refractivity contribution in [3.63, 3.8) is 0 Å². The zero-order valence-corrected chi connectivity index (χ0v) is 17.0. The van der Waals surface area contributed by atoms with Crippen LogP contribution in [0.3, 0.4) is 0 Å². The lowest BCUT2D eigenvalue weighted by molar-refractivity contribution is -0.124. The largest absolute Gasteiger partial charge is 0.452 e. The first-order valence-electron chi connectivity index (χ1n) is 9.24. The number of rotatable bonds is 7. The van der Waals surface area contributed by atoms with Gasteiger partial charge in [0.05, 0.1) is 18.3 Å². The maximum atomic E-state index is 12.5. The monoisotopic (exact) mass is 411 g/mol. The predicted molar refractivity (Wildman–Crippen MR) is 111 cm³/mol. The van der Waals surface area contributed by atoms with Crippen LogP contribution >= 0.6 is 11.6 Å². The zero-order valence-electron chi connectivity index (χ0n) is 16.3. The second-order valence-electron chi connectivity index (χ2n) is 6.67. The highest BCUT2D eigenvalue weighted by molar-refractivity contribution is 6.32. The van der Waals surface area contributed by atoms with E-state index in [1.54, 1.807) is 11.6 Å². The molecule has 0 radical (unpaired) electrons. The van der Waals surface area contributed by atoms with Crippen LogP contribution in [-0.4, -0.2) is 28.3 Å². The van der Waals surface area contributed by atoms with Gasteiger partial charge in [0.2, 0.25) is 0 Å². The molecule has 1 amide bonds. The van der Waals surface area contributed by atoms with E-state index in [0.29, 0.717) is 12.2 Å². The van der Waals surface area contributed by atoms with Crippen molar-refractivity contribution in [3.05, 3.63) is 88.2 Å². The summed E-state index contributed by atoms with van der Waals surface area (Å²) in [5.41, 5.74) is 2.60. The highest BCUT2D eigenvalue weighted by atomic mass is 35.5. The Balaban J connectivity index is 1.60. The van der Waals surface area contributed by atoms with E-state index in [1.807, 2.05) is 67.6 Å². The van der Waals surface area contributed by atoms with Gasteiger partial charge in [-0.2, -0.15) is 5.10 Å². The number of carbonyl (C=O) groups excluding carboxylic acids is 2. The number of aromatic nitrogens is 2. The van der Waals surface area contributed by atoms with E-state index in [0.717, 1.165) is 11.1 Å². The van der Waals surface area contributed by atoms with Gasteiger partial charge in [-0.3, -0.25) is 4.79 Å². The lowest BCUT2D eigenvalue weighted by Gasteiger charge is -2.14. The van der Waals surface area contributed by atoms with Crippen molar-refractivity contribution < 1.29 is 14.3 Å². The molecule has 1 aromatic heterocycles. The van der Waals surface area contributed by atoms with Crippen LogP contribution < -0.4 is 5.32 Å². The van der Waals surface area contributed by atoms with Gasteiger partial charge in [-0.05, 0) is 25.0 Å². The van der Waals surface area contributed by atoms with Crippen molar-refractivity contribution in [2.45, 2.75) is 26.4 Å². The standard InChI is InChI=1S/C22H22ClN3O3/c1-15(18-11-7-4-8-12-18)24-19(27)14-29-22(28)20-16(2)25-26(21(20)23)13-17-9-5-3-6-10-17/h3-12,15H,13-14H2,1-2H3,(H,24,27)/t15-/m1/s1. The van der Waals surface area contributed by atoms with Gasteiger partial charge < -0.3 is 10.1 Å². The van der Waals surface area contributed by atoms with E-state index in [9.17, 15) is 9.59 Å². The maximum Gasteiger partial charge on any atom is 0.343 e. The first-order chi connectivity index (χ1) is 14.0. The fourth-order valence-corrected chi connectivity index (χ4v) is 3.27. The van der Waals surface area contributed by atoms with E-state index < -0.39 is 12.6 Å². The minimum Gasteiger partial charge on any atom is -0.452 e. The molecule has 0 saturated carbocycles. The third kappa shape index (κ3) is 5.23. The number of benzene rings is 2. The predicted octanol–water partition coefficient (Wildman–Crippen LogP) is 3.93. The molecular formula is C22H22ClN3O3. The minimum atomic E-state index is -0.672. The molecule has 0 spiro atoms. The number of halogens is 1. The molecular weight excluding hydrogens is 390 g/mol. The number of esters is 1. The van der Waals surface area contributed by atoms with Crippen LogP contribution in [0.2, 0.25) is 5.15 Å². The highest BCUT2D eigenvalue weighted by Crippen LogP contribution is 2.22. The molecule has 0 aliphatic carbocycles. The topological polar surface area (TPSA) is 73.2 Å². The summed E-state index contributed by atoms with van der Waals surface area (Å²) in [6.07, 6.45) is 0. The third-order valence-electron chi connectivity index (χ3n) is 4.46. The molecule has 0 unspecified atom stereocenters. The van der Waals surface area contributed by atoms with Crippen LogP contribution in [0.25, 0.3) is 0 Å². The second-order valence-corrected chi connectivity index (χ2v) is 7.03. The van der Waals surface area contributed by atoms with Crippen LogP contribution in [0, 0.1) is 6.92 Å². The molecule has 1 N–H and O–H groups in total. The van der Waals surface area contributed by atoms with Gasteiger partial charge in [0, 0.05) is 0 Å². The molecule has 3 aromatic rings. The number of hydrogen-bond donors (Lipinski definition) is 1. The second kappa shape index (κ2) is 9.39. The molecule has 150 valence electrons. The van der Waals surface area contributed by atoms with E-state index in [1.165, 1.54) is 0 Å². The number of nitrogens with one attached hydrogen (secondary N) is 1. The van der Waals surface area contributed by atoms with Crippen molar-refractivity contribution in [2.24, 2.45) is 0 Å². The quantitative estimate of drug-likeness (QED) is 0.598. The summed E-state index contributed by atoms with van der Waals surface area (Å²) in [4.78, 5) is 24.6. The van der Waals surface area contributed by atoms with Gasteiger partial charge in [0.15, 0.2) is 6.61 Å². The van der Waals surface area contributed by atoms with Crippen molar-refractivity contribution in [1.82, 2.24) is 15.1 Å². The third-order valence-corrected chi connectivity index (χ3v) is 4.84. The average Bonchev–Trinajstić information content (AvgIpc) is 3.00. The van der Waals surface area contributed by atoms with Crippen LogP contribution in [0.5, 0.6) is 0 Å². The molecule has 1 atom stereocenters. The van der Waals surface area contributed by atoms with Gasteiger partial charge in [0.25, 0.3) is 5.91 Å². The van der Waals surface area contributed by atoms with Crippen molar-refractivity contribution in [3.8, 4) is 0 Å². The van der Waals surface area contributed by atoms with Crippen molar-refractivity contribution >= 4 is 23.5 Å². The van der Waals surface area contributed by atoms with E-state index in [-0.39, 0.29) is 22.7 Å². The Kier molecular flexibility index (Phi) is 6.67. The first-order valence-corrected chi connectivity index (χ1v) is 9.61. The molecule has 7 heteroatoms. The molecule has 0 fully saturated rings. The number of nitrogens with zero attached hydrogens (tertiary/aromatic N) is 2. The number of ether oxygens (including phenoxy) is 1.